The van der Waals surface area contributed by atoms with Crippen LogP contribution in [-0.4, -0.2) is 43.5 Å². The van der Waals surface area contributed by atoms with Gasteiger partial charge in [-0.15, -0.1) is 0 Å². The van der Waals surface area contributed by atoms with Gasteiger partial charge in [-0.25, -0.2) is 0 Å². The molecular formula is C22H32N2O3. The molecule has 27 heavy (non-hydrogen) atoms. The minimum Gasteiger partial charge on any atom is -0.497 e. The van der Waals surface area contributed by atoms with Crippen LogP contribution in [0.5, 0.6) is 5.75 Å². The summed E-state index contributed by atoms with van der Waals surface area (Å²) in [6, 6.07) is 7.92. The first-order chi connectivity index (χ1) is 13.1. The van der Waals surface area contributed by atoms with E-state index in [1.165, 1.54) is 0 Å². The zero-order chi connectivity index (χ0) is 19.2. The molecule has 1 aliphatic carbocycles. The van der Waals surface area contributed by atoms with Crippen LogP contribution in [0.3, 0.4) is 0 Å². The van der Waals surface area contributed by atoms with E-state index in [-0.39, 0.29) is 29.6 Å². The Kier molecular flexibility index (Phi) is 6.75. The Morgan fingerprint density at radius 3 is 2.48 bits per heavy atom. The fourth-order valence-corrected chi connectivity index (χ4v) is 4.39. The molecule has 1 aromatic rings. The molecule has 0 bridgehead atoms. The van der Waals surface area contributed by atoms with Crippen LogP contribution in [0.15, 0.2) is 24.3 Å². The van der Waals surface area contributed by atoms with Crippen LogP contribution in [0.25, 0.3) is 0 Å². The van der Waals surface area contributed by atoms with Crippen molar-refractivity contribution in [2.24, 2.45) is 11.8 Å². The van der Waals surface area contributed by atoms with E-state index in [0.29, 0.717) is 19.6 Å². The second-order valence-corrected chi connectivity index (χ2v) is 7.86. The summed E-state index contributed by atoms with van der Waals surface area (Å²) in [6.45, 7) is 3.99. The zero-order valence-electron chi connectivity index (χ0n) is 16.6. The molecule has 1 heterocycles. The average Bonchev–Trinajstić information content (AvgIpc) is 3.38. The largest absolute Gasteiger partial charge is 0.497 e. The van der Waals surface area contributed by atoms with E-state index in [1.54, 1.807) is 7.11 Å². The van der Waals surface area contributed by atoms with Crippen molar-refractivity contribution in [3.05, 3.63) is 29.8 Å². The molecule has 2 atom stereocenters. The number of likely N-dealkylation sites (tertiary alicyclic amines) is 1. The maximum Gasteiger partial charge on any atom is 0.225 e. The van der Waals surface area contributed by atoms with Gasteiger partial charge in [0.05, 0.1) is 13.0 Å². The molecule has 2 fully saturated rings. The maximum absolute atomic E-state index is 12.9. The van der Waals surface area contributed by atoms with Crippen molar-refractivity contribution in [2.75, 3.05) is 26.7 Å². The molecule has 2 unspecified atom stereocenters. The average molecular weight is 373 g/mol. The number of hydrogen-bond acceptors (Lipinski definition) is 3. The second kappa shape index (κ2) is 9.25. The third-order valence-corrected chi connectivity index (χ3v) is 6.05. The molecule has 1 saturated carbocycles. The van der Waals surface area contributed by atoms with Crippen molar-refractivity contribution in [3.63, 3.8) is 0 Å². The Hall–Kier alpha value is -2.04. The predicted molar refractivity (Wildman–Crippen MR) is 106 cm³/mol. The lowest BCUT2D eigenvalue weighted by Gasteiger charge is -2.20. The van der Waals surface area contributed by atoms with Gasteiger partial charge in [0.15, 0.2) is 0 Å². The van der Waals surface area contributed by atoms with Gasteiger partial charge in [-0.1, -0.05) is 38.3 Å². The topological polar surface area (TPSA) is 58.6 Å². The van der Waals surface area contributed by atoms with Crippen molar-refractivity contribution in [1.82, 2.24) is 10.2 Å². The van der Waals surface area contributed by atoms with Crippen LogP contribution in [0.1, 0.15) is 56.9 Å². The number of unbranched alkanes of at least 4 members (excludes halogenated alkanes) is 1. The second-order valence-electron chi connectivity index (χ2n) is 7.86. The first-order valence-electron chi connectivity index (χ1n) is 10.3. The quantitative estimate of drug-likeness (QED) is 0.747. The molecule has 3 rings (SSSR count). The third kappa shape index (κ3) is 4.63. The summed E-state index contributed by atoms with van der Waals surface area (Å²) in [4.78, 5) is 27.7. The molecule has 1 saturated heterocycles. The van der Waals surface area contributed by atoms with Gasteiger partial charge in [-0.3, -0.25) is 9.59 Å². The highest BCUT2D eigenvalue weighted by Gasteiger charge is 2.42. The van der Waals surface area contributed by atoms with Gasteiger partial charge in [0, 0.05) is 31.5 Å². The molecule has 1 aliphatic heterocycles. The van der Waals surface area contributed by atoms with Gasteiger partial charge in [0.1, 0.15) is 5.75 Å². The number of carbonyl (C=O) groups is 2. The summed E-state index contributed by atoms with van der Waals surface area (Å²) in [6.07, 6.45) is 6.32. The van der Waals surface area contributed by atoms with Crippen LogP contribution in [0.2, 0.25) is 0 Å². The van der Waals surface area contributed by atoms with E-state index < -0.39 is 0 Å². The number of nitrogens with zero attached hydrogens (tertiary/aromatic N) is 1. The van der Waals surface area contributed by atoms with Crippen LogP contribution in [-0.2, 0) is 9.59 Å². The number of ether oxygens (including phenoxy) is 1. The number of amides is 2. The maximum atomic E-state index is 12.9. The summed E-state index contributed by atoms with van der Waals surface area (Å²) in [5, 5.41) is 3.08. The number of benzene rings is 1. The van der Waals surface area contributed by atoms with Crippen LogP contribution in [0, 0.1) is 11.8 Å². The summed E-state index contributed by atoms with van der Waals surface area (Å²) < 4.78 is 5.25. The van der Waals surface area contributed by atoms with Crippen molar-refractivity contribution in [1.29, 1.82) is 0 Å². The number of rotatable bonds is 7. The molecule has 148 valence electrons. The Bertz CT molecular complexity index is 637. The van der Waals surface area contributed by atoms with Gasteiger partial charge in [-0.05, 0) is 37.0 Å². The van der Waals surface area contributed by atoms with Gasteiger partial charge in [-0.2, -0.15) is 0 Å². The van der Waals surface area contributed by atoms with Gasteiger partial charge >= 0.3 is 0 Å². The molecule has 0 spiro atoms. The lowest BCUT2D eigenvalue weighted by atomic mass is 9.88. The molecule has 5 heteroatoms. The molecular weight excluding hydrogens is 340 g/mol. The van der Waals surface area contributed by atoms with E-state index in [0.717, 1.165) is 49.8 Å². The minimum absolute atomic E-state index is 0.0443. The van der Waals surface area contributed by atoms with Crippen LogP contribution in [0.4, 0.5) is 0 Å². The highest BCUT2D eigenvalue weighted by molar-refractivity contribution is 5.84. The molecule has 5 nitrogen and oxygen atoms in total. The van der Waals surface area contributed by atoms with Crippen molar-refractivity contribution in [2.45, 2.75) is 51.4 Å². The fourth-order valence-electron chi connectivity index (χ4n) is 4.39. The first-order valence-corrected chi connectivity index (χ1v) is 10.3. The molecule has 0 aromatic heterocycles. The Labute approximate surface area is 162 Å². The molecule has 0 radical (unpaired) electrons. The number of hydrogen-bond donors (Lipinski definition) is 1. The monoisotopic (exact) mass is 372 g/mol. The van der Waals surface area contributed by atoms with Crippen molar-refractivity contribution < 1.29 is 14.3 Å². The normalized spacial score (nSPS) is 22.8. The molecule has 1 aromatic carbocycles. The lowest BCUT2D eigenvalue weighted by molar-refractivity contribution is -0.134. The summed E-state index contributed by atoms with van der Waals surface area (Å²) in [5.41, 5.74) is 1.10. The van der Waals surface area contributed by atoms with Crippen LogP contribution >= 0.6 is 0 Å². The SMILES string of the molecule is CCCCNC(=O)C1CN(C(=O)C2CCCC2)CC1c1ccc(OC)cc1. The van der Waals surface area contributed by atoms with E-state index in [2.05, 4.69) is 12.2 Å². The van der Waals surface area contributed by atoms with E-state index in [9.17, 15) is 9.59 Å². The number of nitrogens with one attached hydrogen (secondary N) is 1. The standard InChI is InChI=1S/C22H32N2O3/c1-3-4-13-23-21(25)20-15-24(22(26)17-7-5-6-8-17)14-19(20)16-9-11-18(27-2)12-10-16/h9-12,17,19-20H,3-8,13-15H2,1-2H3,(H,23,25). The number of methoxy groups -OCH3 is 1. The van der Waals surface area contributed by atoms with Gasteiger partial charge in [0.25, 0.3) is 0 Å². The lowest BCUT2D eigenvalue weighted by Crippen LogP contribution is -2.37. The number of carbonyl (C=O) groups excluding carboxylic acids is 2. The van der Waals surface area contributed by atoms with E-state index in [4.69, 9.17) is 4.74 Å². The van der Waals surface area contributed by atoms with Gasteiger partial charge in [0.2, 0.25) is 11.8 Å². The smallest absolute Gasteiger partial charge is 0.225 e. The van der Waals surface area contributed by atoms with E-state index >= 15 is 0 Å². The summed E-state index contributed by atoms with van der Waals surface area (Å²) >= 11 is 0. The highest BCUT2D eigenvalue weighted by atomic mass is 16.5. The minimum atomic E-state index is -0.180. The van der Waals surface area contributed by atoms with Gasteiger partial charge < -0.3 is 15.0 Å². The summed E-state index contributed by atoms with van der Waals surface area (Å²) in [7, 11) is 1.65. The third-order valence-electron chi connectivity index (χ3n) is 6.05. The van der Waals surface area contributed by atoms with Crippen LogP contribution < -0.4 is 10.1 Å². The van der Waals surface area contributed by atoms with Crippen molar-refractivity contribution in [3.8, 4) is 5.75 Å². The molecule has 1 N–H and O–H groups in total. The van der Waals surface area contributed by atoms with E-state index in [1.807, 2.05) is 29.2 Å². The Morgan fingerprint density at radius 1 is 1.15 bits per heavy atom. The predicted octanol–water partition coefficient (Wildman–Crippen LogP) is 3.34. The zero-order valence-corrected chi connectivity index (χ0v) is 16.6. The summed E-state index contributed by atoms with van der Waals surface area (Å²) in [5.74, 6) is 1.15. The first kappa shape index (κ1) is 19.7. The Balaban J connectivity index is 1.75. The molecule has 2 aliphatic rings. The highest BCUT2D eigenvalue weighted by Crippen LogP contribution is 2.36. The fraction of sp³-hybridized carbons (Fsp3) is 0.636. The van der Waals surface area contributed by atoms with Crippen molar-refractivity contribution >= 4 is 11.8 Å². The Morgan fingerprint density at radius 2 is 1.85 bits per heavy atom. The molecule has 2 amide bonds.